The van der Waals surface area contributed by atoms with Crippen LogP contribution in [0.1, 0.15) is 31.4 Å². The number of benzene rings is 1. The van der Waals surface area contributed by atoms with Crippen molar-refractivity contribution in [2.75, 3.05) is 19.8 Å². The average Bonchev–Trinajstić information content (AvgIpc) is 2.38. The van der Waals surface area contributed by atoms with E-state index in [2.05, 4.69) is 12.2 Å². The molecule has 1 unspecified atom stereocenters. The van der Waals surface area contributed by atoms with Crippen molar-refractivity contribution >= 4 is 5.97 Å². The molecule has 0 aliphatic rings. The number of hydrogen-bond acceptors (Lipinski definition) is 3. The van der Waals surface area contributed by atoms with E-state index in [9.17, 15) is 9.90 Å². The first-order valence-electron chi connectivity index (χ1n) is 6.34. The highest BCUT2D eigenvalue weighted by Gasteiger charge is 2.17. The predicted molar refractivity (Wildman–Crippen MR) is 70.5 cm³/mol. The van der Waals surface area contributed by atoms with Crippen LogP contribution in [0.5, 0.6) is 0 Å². The summed E-state index contributed by atoms with van der Waals surface area (Å²) in [6.07, 6.45) is 1.83. The highest BCUT2D eigenvalue weighted by atomic mass is 16.5. The minimum Gasteiger partial charge on any atom is -0.480 e. The fraction of sp³-hybridized carbons (Fsp3) is 0.500. The lowest BCUT2D eigenvalue weighted by Crippen LogP contribution is -2.29. The zero-order valence-electron chi connectivity index (χ0n) is 10.8. The third kappa shape index (κ3) is 5.29. The maximum Gasteiger partial charge on any atom is 0.325 e. The SMILES string of the molecule is CCCOCCCNC(C(=O)O)c1ccccc1. The predicted octanol–water partition coefficient (Wildman–Crippen LogP) is 2.22. The molecule has 4 heteroatoms. The summed E-state index contributed by atoms with van der Waals surface area (Å²) in [5.74, 6) is -0.851. The van der Waals surface area contributed by atoms with Gasteiger partial charge in [0.05, 0.1) is 0 Å². The Morgan fingerprint density at radius 3 is 2.67 bits per heavy atom. The molecule has 0 aliphatic carbocycles. The normalized spacial score (nSPS) is 12.3. The smallest absolute Gasteiger partial charge is 0.325 e. The Morgan fingerprint density at radius 2 is 2.06 bits per heavy atom. The van der Waals surface area contributed by atoms with E-state index in [1.54, 1.807) is 0 Å². The quantitative estimate of drug-likeness (QED) is 0.661. The highest BCUT2D eigenvalue weighted by Crippen LogP contribution is 2.12. The number of carboxylic acid groups (broad SMARTS) is 1. The van der Waals surface area contributed by atoms with Crippen molar-refractivity contribution in [2.45, 2.75) is 25.8 Å². The molecule has 1 aromatic rings. The van der Waals surface area contributed by atoms with Crippen LogP contribution in [0.2, 0.25) is 0 Å². The van der Waals surface area contributed by atoms with Gasteiger partial charge < -0.3 is 15.2 Å². The third-order valence-electron chi connectivity index (χ3n) is 2.54. The van der Waals surface area contributed by atoms with Crippen LogP contribution in [0, 0.1) is 0 Å². The molecule has 1 aromatic carbocycles. The van der Waals surface area contributed by atoms with Gasteiger partial charge in [-0.3, -0.25) is 4.79 Å². The van der Waals surface area contributed by atoms with Gasteiger partial charge in [-0.05, 0) is 24.9 Å². The minimum atomic E-state index is -0.851. The third-order valence-corrected chi connectivity index (χ3v) is 2.54. The Hall–Kier alpha value is -1.39. The molecule has 2 N–H and O–H groups in total. The van der Waals surface area contributed by atoms with Gasteiger partial charge in [0.25, 0.3) is 0 Å². The summed E-state index contributed by atoms with van der Waals surface area (Å²) in [4.78, 5) is 11.2. The molecule has 18 heavy (non-hydrogen) atoms. The molecular weight excluding hydrogens is 230 g/mol. The van der Waals surface area contributed by atoms with Crippen molar-refractivity contribution in [1.82, 2.24) is 5.32 Å². The van der Waals surface area contributed by atoms with Crippen LogP contribution in [0.15, 0.2) is 30.3 Å². The molecule has 0 amide bonds. The molecule has 0 saturated carbocycles. The molecule has 100 valence electrons. The maximum atomic E-state index is 11.2. The molecule has 0 bridgehead atoms. The van der Waals surface area contributed by atoms with Gasteiger partial charge in [0, 0.05) is 13.2 Å². The van der Waals surface area contributed by atoms with Crippen LogP contribution < -0.4 is 5.32 Å². The highest BCUT2D eigenvalue weighted by molar-refractivity contribution is 5.75. The Morgan fingerprint density at radius 1 is 1.33 bits per heavy atom. The Balaban J connectivity index is 2.34. The molecule has 0 fully saturated rings. The van der Waals surface area contributed by atoms with Crippen molar-refractivity contribution in [3.05, 3.63) is 35.9 Å². The standard InChI is InChI=1S/C14H21NO3/c1-2-10-18-11-6-9-15-13(14(16)17)12-7-4-3-5-8-12/h3-5,7-8,13,15H,2,6,9-11H2,1H3,(H,16,17). The van der Waals surface area contributed by atoms with E-state index in [0.29, 0.717) is 13.2 Å². The van der Waals surface area contributed by atoms with E-state index in [0.717, 1.165) is 25.0 Å². The molecule has 4 nitrogen and oxygen atoms in total. The zero-order chi connectivity index (χ0) is 13.2. The summed E-state index contributed by atoms with van der Waals surface area (Å²) >= 11 is 0. The molecule has 0 heterocycles. The first-order valence-corrected chi connectivity index (χ1v) is 6.34. The van der Waals surface area contributed by atoms with Crippen LogP contribution in [-0.4, -0.2) is 30.8 Å². The fourth-order valence-electron chi connectivity index (χ4n) is 1.66. The number of nitrogens with one attached hydrogen (secondary N) is 1. The Bertz CT molecular complexity index is 340. The topological polar surface area (TPSA) is 58.6 Å². The van der Waals surface area contributed by atoms with Crippen LogP contribution in [0.25, 0.3) is 0 Å². The second-order valence-corrected chi connectivity index (χ2v) is 4.10. The van der Waals surface area contributed by atoms with Gasteiger partial charge in [-0.1, -0.05) is 37.3 Å². The summed E-state index contributed by atoms with van der Waals surface area (Å²) in [5, 5.41) is 12.2. The van der Waals surface area contributed by atoms with Crippen LogP contribution in [-0.2, 0) is 9.53 Å². The van der Waals surface area contributed by atoms with Gasteiger partial charge in [-0.2, -0.15) is 0 Å². The molecule has 1 atom stereocenters. The second kappa shape index (κ2) is 8.66. The summed E-state index contributed by atoms with van der Waals surface area (Å²) in [6, 6.07) is 8.56. The van der Waals surface area contributed by atoms with E-state index in [-0.39, 0.29) is 0 Å². The number of hydrogen-bond donors (Lipinski definition) is 2. The van der Waals surface area contributed by atoms with Crippen LogP contribution >= 0.6 is 0 Å². The van der Waals surface area contributed by atoms with Crippen molar-refractivity contribution < 1.29 is 14.6 Å². The summed E-state index contributed by atoms with van der Waals surface area (Å²) in [5.41, 5.74) is 0.777. The summed E-state index contributed by atoms with van der Waals surface area (Å²) in [7, 11) is 0. The lowest BCUT2D eigenvalue weighted by atomic mass is 10.1. The molecule has 0 spiro atoms. The number of rotatable bonds is 9. The van der Waals surface area contributed by atoms with E-state index in [4.69, 9.17) is 4.74 Å². The number of aliphatic carboxylic acids is 1. The van der Waals surface area contributed by atoms with Crippen molar-refractivity contribution in [3.63, 3.8) is 0 Å². The average molecular weight is 251 g/mol. The lowest BCUT2D eigenvalue weighted by molar-refractivity contribution is -0.139. The number of carboxylic acids is 1. The molecular formula is C14H21NO3. The largest absolute Gasteiger partial charge is 0.480 e. The van der Waals surface area contributed by atoms with Crippen molar-refractivity contribution in [1.29, 1.82) is 0 Å². The van der Waals surface area contributed by atoms with Gasteiger partial charge >= 0.3 is 5.97 Å². The number of carbonyl (C=O) groups is 1. The summed E-state index contributed by atoms with van der Waals surface area (Å²) < 4.78 is 5.34. The van der Waals surface area contributed by atoms with Crippen LogP contribution in [0.4, 0.5) is 0 Å². The monoisotopic (exact) mass is 251 g/mol. The molecule has 0 aliphatic heterocycles. The van der Waals surface area contributed by atoms with E-state index >= 15 is 0 Å². The van der Waals surface area contributed by atoms with Crippen LogP contribution in [0.3, 0.4) is 0 Å². The molecule has 0 aromatic heterocycles. The minimum absolute atomic E-state index is 0.634. The zero-order valence-corrected chi connectivity index (χ0v) is 10.8. The molecule has 1 rings (SSSR count). The summed E-state index contributed by atoms with van der Waals surface area (Å²) in [6.45, 7) is 4.13. The number of ether oxygens (including phenoxy) is 1. The second-order valence-electron chi connectivity index (χ2n) is 4.10. The Labute approximate surface area is 108 Å². The molecule has 0 radical (unpaired) electrons. The van der Waals surface area contributed by atoms with Gasteiger partial charge in [-0.15, -0.1) is 0 Å². The first-order chi connectivity index (χ1) is 8.75. The van der Waals surface area contributed by atoms with Gasteiger partial charge in [-0.25, -0.2) is 0 Å². The van der Waals surface area contributed by atoms with Gasteiger partial charge in [0.15, 0.2) is 0 Å². The van der Waals surface area contributed by atoms with Crippen molar-refractivity contribution in [3.8, 4) is 0 Å². The van der Waals surface area contributed by atoms with Crippen molar-refractivity contribution in [2.24, 2.45) is 0 Å². The van der Waals surface area contributed by atoms with Gasteiger partial charge in [0.1, 0.15) is 6.04 Å². The fourth-order valence-corrected chi connectivity index (χ4v) is 1.66. The van der Waals surface area contributed by atoms with Gasteiger partial charge in [0.2, 0.25) is 0 Å². The molecule has 0 saturated heterocycles. The Kier molecular flexibility index (Phi) is 7.06. The van der Waals surface area contributed by atoms with E-state index in [1.807, 2.05) is 30.3 Å². The van der Waals surface area contributed by atoms with E-state index in [1.165, 1.54) is 0 Å². The van der Waals surface area contributed by atoms with E-state index < -0.39 is 12.0 Å². The lowest BCUT2D eigenvalue weighted by Gasteiger charge is -2.14. The first kappa shape index (κ1) is 14.7. The maximum absolute atomic E-state index is 11.2.